The predicted octanol–water partition coefficient (Wildman–Crippen LogP) is 4.23. The van der Waals surface area contributed by atoms with E-state index in [9.17, 15) is 19.1 Å². The summed E-state index contributed by atoms with van der Waals surface area (Å²) in [4.78, 5) is 40.7. The van der Waals surface area contributed by atoms with Gasteiger partial charge in [0.05, 0.1) is 48.4 Å². The number of nitrogens with one attached hydrogen (secondary N) is 1. The third kappa shape index (κ3) is 5.95. The van der Waals surface area contributed by atoms with E-state index in [2.05, 4.69) is 15.3 Å². The number of ether oxygens (including phenoxy) is 1. The number of aliphatic carboxylic acids is 1. The lowest BCUT2D eigenvalue weighted by Crippen LogP contribution is -2.50. The Bertz CT molecular complexity index is 1490. The second-order valence-corrected chi connectivity index (χ2v) is 12.4. The molecule has 3 aliphatic heterocycles. The summed E-state index contributed by atoms with van der Waals surface area (Å²) in [6, 6.07) is 0.399. The molecule has 4 atom stereocenters. The van der Waals surface area contributed by atoms with Crippen LogP contribution in [0.3, 0.4) is 0 Å². The standard InChI is InChI=1S/C28H30ClF4N5O5S/c1-4-42-25(39)19-16(35-23(24-34-8-9-44-24)36-21(19)14-6-5-7-15(30)20(14)29)10-37-13-28(32,33)22-17(37)12-43-38(22)11-18(31)27(2,3)26(40)41/h5-9,17-18,21-22H,4,10-13H2,1-3H3,(H,35,36)(H,40,41)/t17-,18-,21+,22+/m1/s1. The molecule has 0 spiro atoms. The van der Waals surface area contributed by atoms with Crippen LogP contribution in [0.4, 0.5) is 17.6 Å². The smallest absolute Gasteiger partial charge is 0.338 e. The lowest BCUT2D eigenvalue weighted by atomic mass is 9.87. The summed E-state index contributed by atoms with van der Waals surface area (Å²) in [5.74, 6) is -6.11. The number of carbonyl (C=O) groups excluding carboxylic acids is 1. The van der Waals surface area contributed by atoms with E-state index in [1.54, 1.807) is 18.5 Å². The zero-order valence-corrected chi connectivity index (χ0v) is 25.5. The molecule has 2 aromatic rings. The molecule has 0 amide bonds. The Kier molecular flexibility index (Phi) is 9.06. The van der Waals surface area contributed by atoms with E-state index in [4.69, 9.17) is 21.2 Å². The first kappa shape index (κ1) is 32.3. The molecule has 2 N–H and O–H groups in total. The number of amidine groups is 1. The fraction of sp³-hybridized carbons (Fsp3) is 0.500. The number of aliphatic imine (C=N–C) groups is 1. The molecular weight excluding hydrogens is 630 g/mol. The third-order valence-corrected chi connectivity index (χ3v) is 9.15. The molecule has 0 bridgehead atoms. The van der Waals surface area contributed by atoms with Gasteiger partial charge in [0.15, 0.2) is 10.8 Å². The Hall–Kier alpha value is -3.11. The van der Waals surface area contributed by atoms with E-state index >= 15 is 13.2 Å². The summed E-state index contributed by atoms with van der Waals surface area (Å²) in [5.41, 5.74) is -1.55. The highest BCUT2D eigenvalue weighted by Crippen LogP contribution is 2.43. The van der Waals surface area contributed by atoms with Crippen LogP contribution < -0.4 is 5.32 Å². The molecule has 16 heteroatoms. The van der Waals surface area contributed by atoms with E-state index in [1.807, 2.05) is 0 Å². The zero-order chi connectivity index (χ0) is 32.0. The number of thiazole rings is 1. The van der Waals surface area contributed by atoms with Crippen molar-refractivity contribution in [3.05, 3.63) is 62.5 Å². The molecule has 2 saturated heterocycles. The van der Waals surface area contributed by atoms with Gasteiger partial charge in [0.25, 0.3) is 5.92 Å². The van der Waals surface area contributed by atoms with Crippen molar-refractivity contribution < 1.29 is 41.8 Å². The van der Waals surface area contributed by atoms with Crippen molar-refractivity contribution in [2.24, 2.45) is 10.4 Å². The fourth-order valence-corrected chi connectivity index (χ4v) is 6.27. The van der Waals surface area contributed by atoms with Gasteiger partial charge in [0.1, 0.15) is 24.1 Å². The number of benzene rings is 1. The molecule has 238 valence electrons. The maximum absolute atomic E-state index is 15.6. The van der Waals surface area contributed by atoms with Crippen LogP contribution in [-0.2, 0) is 19.2 Å². The number of likely N-dealkylation sites (tertiary alicyclic amines) is 1. The number of esters is 1. The number of hydroxylamine groups is 2. The highest BCUT2D eigenvalue weighted by atomic mass is 35.5. The van der Waals surface area contributed by atoms with E-state index in [-0.39, 0.29) is 47.5 Å². The van der Waals surface area contributed by atoms with Crippen LogP contribution in [0.5, 0.6) is 0 Å². The van der Waals surface area contributed by atoms with Crippen LogP contribution in [0, 0.1) is 11.2 Å². The van der Waals surface area contributed by atoms with Gasteiger partial charge < -0.3 is 15.2 Å². The van der Waals surface area contributed by atoms with Crippen molar-refractivity contribution in [1.29, 1.82) is 0 Å². The topological polar surface area (TPSA) is 117 Å². The van der Waals surface area contributed by atoms with Gasteiger partial charge in [-0.2, -0.15) is 5.06 Å². The zero-order valence-electron chi connectivity index (χ0n) is 23.9. The monoisotopic (exact) mass is 659 g/mol. The average Bonchev–Trinajstić information content (AvgIpc) is 3.69. The van der Waals surface area contributed by atoms with Gasteiger partial charge in [-0.25, -0.2) is 27.3 Å². The van der Waals surface area contributed by atoms with Gasteiger partial charge in [0.2, 0.25) is 0 Å². The number of hydrogen-bond donors (Lipinski definition) is 2. The Labute approximate surface area is 259 Å². The molecule has 1 aromatic heterocycles. The normalized spacial score (nSPS) is 24.5. The van der Waals surface area contributed by atoms with Crippen LogP contribution in [0.2, 0.25) is 5.02 Å². The second-order valence-electron chi connectivity index (χ2n) is 11.2. The van der Waals surface area contributed by atoms with Crippen LogP contribution in [0.25, 0.3) is 0 Å². The molecule has 0 radical (unpaired) electrons. The quantitative estimate of drug-likeness (QED) is 0.286. The van der Waals surface area contributed by atoms with Gasteiger partial charge in [0, 0.05) is 29.4 Å². The van der Waals surface area contributed by atoms with Crippen LogP contribution in [-0.4, -0.2) is 94.9 Å². The first-order valence-corrected chi connectivity index (χ1v) is 15.0. The average molecular weight is 660 g/mol. The van der Waals surface area contributed by atoms with Crippen molar-refractivity contribution >= 4 is 40.7 Å². The summed E-state index contributed by atoms with van der Waals surface area (Å²) in [7, 11) is 0. The molecular formula is C28H30ClF4N5O5S. The van der Waals surface area contributed by atoms with Gasteiger partial charge >= 0.3 is 11.9 Å². The maximum Gasteiger partial charge on any atom is 0.338 e. The predicted molar refractivity (Wildman–Crippen MR) is 153 cm³/mol. The number of fused-ring (bicyclic) bond motifs is 1. The molecule has 10 nitrogen and oxygen atoms in total. The first-order chi connectivity index (χ1) is 20.8. The second kappa shape index (κ2) is 12.4. The molecule has 0 aliphatic carbocycles. The number of halogens is 5. The Morgan fingerprint density at radius 1 is 1.36 bits per heavy atom. The minimum absolute atomic E-state index is 0.00532. The number of alkyl halides is 3. The van der Waals surface area contributed by atoms with Crippen LogP contribution >= 0.6 is 22.9 Å². The van der Waals surface area contributed by atoms with Gasteiger partial charge in [-0.15, -0.1) is 11.3 Å². The summed E-state index contributed by atoms with van der Waals surface area (Å²) in [5, 5.41) is 15.1. The molecule has 0 saturated carbocycles. The minimum atomic E-state index is -3.38. The van der Waals surface area contributed by atoms with E-state index < -0.39 is 66.5 Å². The van der Waals surface area contributed by atoms with Gasteiger partial charge in [-0.1, -0.05) is 23.7 Å². The van der Waals surface area contributed by atoms with Crippen molar-refractivity contribution in [2.75, 3.05) is 32.8 Å². The number of hydrogen-bond acceptors (Lipinski definition) is 10. The van der Waals surface area contributed by atoms with Gasteiger partial charge in [-0.05, 0) is 26.8 Å². The summed E-state index contributed by atoms with van der Waals surface area (Å²) < 4.78 is 66.0. The van der Waals surface area contributed by atoms with E-state index in [0.29, 0.717) is 5.01 Å². The summed E-state index contributed by atoms with van der Waals surface area (Å²) in [6.07, 6.45) is -0.464. The number of carboxylic acids is 1. The van der Waals surface area contributed by atoms with Crippen molar-refractivity contribution in [3.8, 4) is 0 Å². The third-order valence-electron chi connectivity index (χ3n) is 7.97. The number of rotatable bonds is 10. The first-order valence-electron chi connectivity index (χ1n) is 13.7. The number of aromatic nitrogens is 1. The minimum Gasteiger partial charge on any atom is -0.481 e. The molecule has 0 unspecified atom stereocenters. The highest BCUT2D eigenvalue weighted by Gasteiger charge is 2.61. The van der Waals surface area contributed by atoms with Gasteiger partial charge in [-0.3, -0.25) is 19.5 Å². The van der Waals surface area contributed by atoms with E-state index in [1.165, 1.54) is 42.2 Å². The lowest BCUT2D eigenvalue weighted by Gasteiger charge is -2.31. The SMILES string of the molecule is CCOC(=O)C1=C(CN2CC(F)(F)[C@@H]3[C@H]2CON3C[C@@H](F)C(C)(C)C(=O)O)NC(c2nccs2)=N[C@H]1c1cccc(F)c1Cl. The molecule has 4 heterocycles. The molecule has 3 aliphatic rings. The summed E-state index contributed by atoms with van der Waals surface area (Å²) >= 11 is 7.57. The molecule has 5 rings (SSSR count). The Balaban J connectivity index is 1.51. The fourth-order valence-electron chi connectivity index (χ4n) is 5.45. The molecule has 44 heavy (non-hydrogen) atoms. The number of nitrogens with zero attached hydrogens (tertiary/aromatic N) is 4. The lowest BCUT2D eigenvalue weighted by molar-refractivity contribution is -0.196. The highest BCUT2D eigenvalue weighted by molar-refractivity contribution is 7.11. The van der Waals surface area contributed by atoms with Crippen LogP contribution in [0.1, 0.15) is 37.4 Å². The van der Waals surface area contributed by atoms with Crippen molar-refractivity contribution in [1.82, 2.24) is 20.3 Å². The van der Waals surface area contributed by atoms with Crippen molar-refractivity contribution in [3.63, 3.8) is 0 Å². The number of carboxylic acid groups (broad SMARTS) is 1. The maximum atomic E-state index is 15.6. The summed E-state index contributed by atoms with van der Waals surface area (Å²) in [6.45, 7) is 2.03. The Morgan fingerprint density at radius 3 is 2.77 bits per heavy atom. The molecule has 1 aromatic carbocycles. The molecule has 2 fully saturated rings. The number of carbonyl (C=O) groups is 2. The van der Waals surface area contributed by atoms with E-state index in [0.717, 1.165) is 11.1 Å². The van der Waals surface area contributed by atoms with Crippen LogP contribution in [0.15, 0.2) is 46.0 Å². The Morgan fingerprint density at radius 2 is 2.11 bits per heavy atom. The largest absolute Gasteiger partial charge is 0.481 e. The van der Waals surface area contributed by atoms with Crippen molar-refractivity contribution in [2.45, 2.75) is 51.0 Å².